The lowest BCUT2D eigenvalue weighted by atomic mass is 9.85. The highest BCUT2D eigenvalue weighted by molar-refractivity contribution is 14.0. The summed E-state index contributed by atoms with van der Waals surface area (Å²) in [5.41, 5.74) is 1.27. The molecule has 1 aliphatic carbocycles. The fraction of sp³-hybridized carbons (Fsp3) is 0.652. The Kier molecular flexibility index (Phi) is 9.24. The van der Waals surface area contributed by atoms with E-state index in [1.807, 2.05) is 6.07 Å². The molecule has 3 rings (SSSR count). The Balaban J connectivity index is 0.00000300. The highest BCUT2D eigenvalue weighted by Gasteiger charge is 2.32. The quantitative estimate of drug-likeness (QED) is 0.345. The van der Waals surface area contributed by atoms with E-state index in [2.05, 4.69) is 60.6 Å². The number of amides is 1. The van der Waals surface area contributed by atoms with Crippen LogP contribution in [0.2, 0.25) is 0 Å². The van der Waals surface area contributed by atoms with Crippen LogP contribution < -0.4 is 10.6 Å². The Bertz CT molecular complexity index is 671. The summed E-state index contributed by atoms with van der Waals surface area (Å²) in [7, 11) is 0. The van der Waals surface area contributed by atoms with Crippen molar-refractivity contribution in [2.45, 2.75) is 64.3 Å². The third kappa shape index (κ3) is 6.59. The summed E-state index contributed by atoms with van der Waals surface area (Å²) >= 11 is 0. The zero-order valence-electron chi connectivity index (χ0n) is 18.1. The van der Waals surface area contributed by atoms with E-state index >= 15 is 0 Å². The monoisotopic (exact) mass is 512 g/mol. The van der Waals surface area contributed by atoms with Crippen LogP contribution >= 0.6 is 24.0 Å². The van der Waals surface area contributed by atoms with Gasteiger partial charge in [-0.2, -0.15) is 0 Å². The normalized spacial score (nSPS) is 20.4. The molecule has 1 aromatic rings. The number of guanidine groups is 1. The second-order valence-electron chi connectivity index (χ2n) is 8.84. The van der Waals surface area contributed by atoms with Crippen LogP contribution in [0.1, 0.15) is 58.4 Å². The summed E-state index contributed by atoms with van der Waals surface area (Å²) in [6.07, 6.45) is 5.56. The van der Waals surface area contributed by atoms with Crippen molar-refractivity contribution in [3.63, 3.8) is 0 Å². The molecule has 2 fully saturated rings. The largest absolute Gasteiger partial charge is 0.357 e. The van der Waals surface area contributed by atoms with Crippen LogP contribution in [0.4, 0.5) is 0 Å². The van der Waals surface area contributed by atoms with Gasteiger partial charge in [-0.05, 0) is 31.7 Å². The molecule has 1 aromatic carbocycles. The predicted octanol–water partition coefficient (Wildman–Crippen LogP) is 3.93. The van der Waals surface area contributed by atoms with Crippen molar-refractivity contribution in [1.29, 1.82) is 0 Å². The van der Waals surface area contributed by atoms with Gasteiger partial charge in [-0.3, -0.25) is 9.79 Å². The number of benzene rings is 1. The van der Waals surface area contributed by atoms with Crippen LogP contribution in [0.15, 0.2) is 35.3 Å². The second-order valence-corrected chi connectivity index (χ2v) is 8.84. The van der Waals surface area contributed by atoms with Crippen molar-refractivity contribution in [3.05, 3.63) is 35.9 Å². The van der Waals surface area contributed by atoms with E-state index in [4.69, 9.17) is 4.99 Å². The van der Waals surface area contributed by atoms with Crippen LogP contribution in [0.5, 0.6) is 0 Å². The number of halogens is 1. The average molecular weight is 512 g/mol. The fourth-order valence-corrected chi connectivity index (χ4v) is 4.28. The summed E-state index contributed by atoms with van der Waals surface area (Å²) in [5, 5.41) is 6.93. The van der Waals surface area contributed by atoms with Crippen molar-refractivity contribution < 1.29 is 4.79 Å². The third-order valence-electron chi connectivity index (χ3n) is 6.08. The topological polar surface area (TPSA) is 56.7 Å². The average Bonchev–Trinajstić information content (AvgIpc) is 3.39. The van der Waals surface area contributed by atoms with Crippen molar-refractivity contribution in [1.82, 2.24) is 15.5 Å². The first kappa shape index (κ1) is 24.0. The first-order valence-corrected chi connectivity index (χ1v) is 10.9. The van der Waals surface area contributed by atoms with Crippen LogP contribution in [-0.2, 0) is 10.2 Å². The smallest absolute Gasteiger partial charge is 0.225 e. The minimum absolute atomic E-state index is 0. The van der Waals surface area contributed by atoms with Gasteiger partial charge >= 0.3 is 0 Å². The molecular formula is C23H37IN4O. The van der Waals surface area contributed by atoms with Crippen molar-refractivity contribution in [2.24, 2.45) is 10.9 Å². The minimum Gasteiger partial charge on any atom is -0.357 e. The number of nitrogens with one attached hydrogen (secondary N) is 2. The molecule has 0 bridgehead atoms. The zero-order chi connectivity index (χ0) is 20.0. The van der Waals surface area contributed by atoms with Gasteiger partial charge in [0.2, 0.25) is 5.91 Å². The lowest BCUT2D eigenvalue weighted by molar-refractivity contribution is -0.134. The number of hydrogen-bond acceptors (Lipinski definition) is 2. The van der Waals surface area contributed by atoms with Gasteiger partial charge in [-0.1, -0.05) is 57.0 Å². The molecule has 1 atom stereocenters. The highest BCUT2D eigenvalue weighted by atomic mass is 127. The Hall–Kier alpha value is -1.31. The minimum atomic E-state index is -0.0240. The molecule has 2 N–H and O–H groups in total. The molecule has 0 spiro atoms. The van der Waals surface area contributed by atoms with Crippen molar-refractivity contribution in [3.8, 4) is 0 Å². The first-order chi connectivity index (χ1) is 13.5. The maximum absolute atomic E-state index is 12.7. The maximum atomic E-state index is 12.7. The number of rotatable bonds is 6. The molecule has 0 radical (unpaired) electrons. The molecule has 1 saturated carbocycles. The van der Waals surface area contributed by atoms with Crippen molar-refractivity contribution in [2.75, 3.05) is 26.2 Å². The van der Waals surface area contributed by atoms with E-state index in [0.717, 1.165) is 44.9 Å². The van der Waals surface area contributed by atoms with Crippen LogP contribution in [0.25, 0.3) is 0 Å². The Morgan fingerprint density at radius 2 is 1.86 bits per heavy atom. The van der Waals surface area contributed by atoms with Gasteiger partial charge in [0.15, 0.2) is 5.96 Å². The van der Waals surface area contributed by atoms with E-state index in [1.54, 1.807) is 0 Å². The van der Waals surface area contributed by atoms with Crippen LogP contribution in [0, 0.1) is 5.92 Å². The lowest BCUT2D eigenvalue weighted by Crippen LogP contribution is -2.46. The SMILES string of the molecule is CCNC(=NCC(C)(C)c1ccccc1)NC1CCN(C(=O)C2CCCC2)C1.I. The van der Waals surface area contributed by atoms with E-state index in [9.17, 15) is 4.79 Å². The molecule has 29 heavy (non-hydrogen) atoms. The van der Waals surface area contributed by atoms with Crippen LogP contribution in [-0.4, -0.2) is 49.0 Å². The summed E-state index contributed by atoms with van der Waals surface area (Å²) in [6, 6.07) is 10.8. The molecule has 162 valence electrons. The van der Waals surface area contributed by atoms with Gasteiger partial charge in [0.05, 0.1) is 6.54 Å². The number of likely N-dealkylation sites (tertiary alicyclic amines) is 1. The summed E-state index contributed by atoms with van der Waals surface area (Å²) in [6.45, 7) is 9.74. The third-order valence-corrected chi connectivity index (χ3v) is 6.08. The van der Waals surface area contributed by atoms with E-state index < -0.39 is 0 Å². The molecule has 1 aliphatic heterocycles. The number of carbonyl (C=O) groups is 1. The molecule has 5 nitrogen and oxygen atoms in total. The summed E-state index contributed by atoms with van der Waals surface area (Å²) < 4.78 is 0. The van der Waals surface area contributed by atoms with Gasteiger partial charge in [0.1, 0.15) is 0 Å². The number of nitrogens with zero attached hydrogens (tertiary/aromatic N) is 2. The van der Waals surface area contributed by atoms with E-state index in [-0.39, 0.29) is 41.4 Å². The Morgan fingerprint density at radius 3 is 2.52 bits per heavy atom. The fourth-order valence-electron chi connectivity index (χ4n) is 4.28. The molecule has 1 saturated heterocycles. The molecule has 1 unspecified atom stereocenters. The van der Waals surface area contributed by atoms with E-state index in [0.29, 0.717) is 12.5 Å². The molecule has 1 heterocycles. The standard InChI is InChI=1S/C23H36N4O.HI/c1-4-24-22(25-17-23(2,3)19-12-6-5-7-13-19)26-20-14-15-27(16-20)21(28)18-10-8-9-11-18;/h5-7,12-13,18,20H,4,8-11,14-17H2,1-3H3,(H2,24,25,26);1H. The Morgan fingerprint density at radius 1 is 1.17 bits per heavy atom. The van der Waals surface area contributed by atoms with Gasteiger partial charge in [0.25, 0.3) is 0 Å². The lowest BCUT2D eigenvalue weighted by Gasteiger charge is -2.25. The molecule has 6 heteroatoms. The number of carbonyl (C=O) groups excluding carboxylic acids is 1. The van der Waals surface area contributed by atoms with Gasteiger partial charge in [-0.25, -0.2) is 0 Å². The van der Waals surface area contributed by atoms with Gasteiger partial charge < -0.3 is 15.5 Å². The maximum Gasteiger partial charge on any atom is 0.225 e. The van der Waals surface area contributed by atoms with Gasteiger partial charge in [-0.15, -0.1) is 24.0 Å². The molecule has 0 aromatic heterocycles. The molecule has 2 aliphatic rings. The van der Waals surface area contributed by atoms with Crippen LogP contribution in [0.3, 0.4) is 0 Å². The first-order valence-electron chi connectivity index (χ1n) is 10.9. The zero-order valence-corrected chi connectivity index (χ0v) is 20.4. The van der Waals surface area contributed by atoms with E-state index in [1.165, 1.54) is 18.4 Å². The molecular weight excluding hydrogens is 475 g/mol. The highest BCUT2D eigenvalue weighted by Crippen LogP contribution is 2.28. The summed E-state index contributed by atoms with van der Waals surface area (Å²) in [5.74, 6) is 1.49. The van der Waals surface area contributed by atoms with Crippen molar-refractivity contribution >= 4 is 35.8 Å². The predicted molar refractivity (Wildman–Crippen MR) is 131 cm³/mol. The number of aliphatic imine (C=N–C) groups is 1. The molecule has 1 amide bonds. The Labute approximate surface area is 193 Å². The number of hydrogen-bond donors (Lipinski definition) is 2. The second kappa shape index (κ2) is 11.2. The van der Waals surface area contributed by atoms with Gasteiger partial charge in [0, 0.05) is 37.0 Å². The summed E-state index contributed by atoms with van der Waals surface area (Å²) in [4.78, 5) is 19.6.